The molecule has 0 atom stereocenters. The van der Waals surface area contributed by atoms with Crippen LogP contribution in [0, 0.1) is 0 Å². The highest BCUT2D eigenvalue weighted by molar-refractivity contribution is 5.78. The van der Waals surface area contributed by atoms with E-state index in [1.165, 1.54) is 4.57 Å². The normalized spacial score (nSPS) is 10.3. The minimum Gasteiger partial charge on any atom is -1.00 e. The zero-order chi connectivity index (χ0) is 14.8. The number of aromatic nitrogens is 4. The third-order valence-corrected chi connectivity index (χ3v) is 3.38. The summed E-state index contributed by atoms with van der Waals surface area (Å²) in [6.45, 7) is 0.618. The lowest BCUT2D eigenvalue weighted by molar-refractivity contribution is -0.688. The lowest BCUT2D eigenvalue weighted by Crippen LogP contribution is -3.00. The first kappa shape index (κ1) is 16.3. The van der Waals surface area contributed by atoms with E-state index in [4.69, 9.17) is 0 Å². The standard InChI is InChI=1S/C15H15N5O.HI/c1-16-15-17-12(10-20-8-4-3-5-9-20)11-6-7-13(21)19(2)14(11)18-15;/h3-9H,10H2,1-2H3;1H. The summed E-state index contributed by atoms with van der Waals surface area (Å²) in [4.78, 5) is 20.7. The second-order valence-electron chi connectivity index (χ2n) is 4.76. The van der Waals surface area contributed by atoms with Crippen LogP contribution in [0.2, 0.25) is 0 Å². The van der Waals surface area contributed by atoms with Crippen molar-refractivity contribution in [1.82, 2.24) is 14.5 Å². The predicted octanol–water partition coefficient (Wildman–Crippen LogP) is -2.29. The minimum absolute atomic E-state index is 0. The molecule has 3 rings (SSSR count). The van der Waals surface area contributed by atoms with Crippen LogP contribution in [0.25, 0.3) is 11.0 Å². The van der Waals surface area contributed by atoms with E-state index < -0.39 is 0 Å². The Morgan fingerprint density at radius 1 is 1.18 bits per heavy atom. The molecular weight excluding hydrogens is 393 g/mol. The first-order chi connectivity index (χ1) is 10.2. The van der Waals surface area contributed by atoms with Crippen molar-refractivity contribution in [2.45, 2.75) is 6.54 Å². The van der Waals surface area contributed by atoms with E-state index in [0.717, 1.165) is 11.1 Å². The molecule has 114 valence electrons. The highest BCUT2D eigenvalue weighted by Gasteiger charge is 2.13. The Morgan fingerprint density at radius 2 is 1.91 bits per heavy atom. The molecule has 0 aliphatic heterocycles. The summed E-state index contributed by atoms with van der Waals surface area (Å²) >= 11 is 0. The van der Waals surface area contributed by atoms with Crippen LogP contribution in [0.5, 0.6) is 0 Å². The largest absolute Gasteiger partial charge is 1.00 e. The lowest BCUT2D eigenvalue weighted by Gasteiger charge is -2.08. The number of aryl methyl sites for hydroxylation is 1. The van der Waals surface area contributed by atoms with Crippen molar-refractivity contribution in [3.63, 3.8) is 0 Å². The number of nitrogens with zero attached hydrogens (tertiary/aromatic N) is 4. The van der Waals surface area contributed by atoms with Gasteiger partial charge >= 0.3 is 0 Å². The van der Waals surface area contributed by atoms with Crippen molar-refractivity contribution in [3.8, 4) is 0 Å². The van der Waals surface area contributed by atoms with Crippen molar-refractivity contribution in [1.29, 1.82) is 0 Å². The molecule has 0 saturated carbocycles. The molecule has 1 N–H and O–H groups in total. The summed E-state index contributed by atoms with van der Waals surface area (Å²) < 4.78 is 3.57. The van der Waals surface area contributed by atoms with Crippen LogP contribution in [0.3, 0.4) is 0 Å². The SMILES string of the molecule is CNc1nc(C[n+]2ccccc2)c2ccc(=O)n(C)c2n1.[I-]. The Labute approximate surface area is 144 Å². The summed E-state index contributed by atoms with van der Waals surface area (Å²) in [5.41, 5.74) is 1.42. The van der Waals surface area contributed by atoms with E-state index in [1.807, 2.05) is 35.2 Å². The molecule has 0 aliphatic carbocycles. The molecule has 22 heavy (non-hydrogen) atoms. The number of halogens is 1. The molecule has 0 radical (unpaired) electrons. The fourth-order valence-corrected chi connectivity index (χ4v) is 2.24. The Hall–Kier alpha value is -2.03. The van der Waals surface area contributed by atoms with Gasteiger partial charge in [0.15, 0.2) is 18.9 Å². The second kappa shape index (κ2) is 6.82. The molecule has 0 aromatic carbocycles. The van der Waals surface area contributed by atoms with Gasteiger partial charge in [-0.05, 0) is 6.07 Å². The van der Waals surface area contributed by atoms with Crippen LogP contribution in [0.15, 0.2) is 47.5 Å². The van der Waals surface area contributed by atoms with Crippen LogP contribution in [-0.2, 0) is 13.6 Å². The number of nitrogens with one attached hydrogen (secondary N) is 1. The molecule has 3 heterocycles. The van der Waals surface area contributed by atoms with Crippen molar-refractivity contribution in [2.75, 3.05) is 12.4 Å². The number of pyridine rings is 2. The maximum Gasteiger partial charge on any atom is 0.251 e. The average Bonchev–Trinajstić information content (AvgIpc) is 2.52. The van der Waals surface area contributed by atoms with Gasteiger partial charge in [0.1, 0.15) is 11.3 Å². The summed E-state index contributed by atoms with van der Waals surface area (Å²) in [7, 11) is 3.48. The first-order valence-electron chi connectivity index (χ1n) is 6.67. The quantitative estimate of drug-likeness (QED) is 0.391. The van der Waals surface area contributed by atoms with Gasteiger partial charge in [0.05, 0.1) is 0 Å². The van der Waals surface area contributed by atoms with Crippen LogP contribution in [-0.4, -0.2) is 21.6 Å². The molecule has 0 fully saturated rings. The molecule has 0 unspecified atom stereocenters. The lowest BCUT2D eigenvalue weighted by atomic mass is 10.2. The second-order valence-corrected chi connectivity index (χ2v) is 4.76. The van der Waals surface area contributed by atoms with E-state index >= 15 is 0 Å². The van der Waals surface area contributed by atoms with Crippen LogP contribution in [0.4, 0.5) is 5.95 Å². The van der Waals surface area contributed by atoms with Gasteiger partial charge in [0, 0.05) is 37.7 Å². The number of anilines is 1. The zero-order valence-electron chi connectivity index (χ0n) is 12.3. The van der Waals surface area contributed by atoms with E-state index in [9.17, 15) is 4.79 Å². The topological polar surface area (TPSA) is 63.7 Å². The number of fused-ring (bicyclic) bond motifs is 1. The molecule has 0 spiro atoms. The fourth-order valence-electron chi connectivity index (χ4n) is 2.24. The third kappa shape index (κ3) is 3.08. The van der Waals surface area contributed by atoms with Gasteiger partial charge in [-0.15, -0.1) is 0 Å². The first-order valence-corrected chi connectivity index (χ1v) is 6.67. The number of hydrogen-bond acceptors (Lipinski definition) is 4. The third-order valence-electron chi connectivity index (χ3n) is 3.38. The van der Waals surface area contributed by atoms with Crippen molar-refractivity contribution in [3.05, 3.63) is 58.8 Å². The number of hydrogen-bond donors (Lipinski definition) is 1. The molecule has 3 aromatic heterocycles. The van der Waals surface area contributed by atoms with E-state index in [1.54, 1.807) is 26.2 Å². The Balaban J connectivity index is 0.00000176. The zero-order valence-corrected chi connectivity index (χ0v) is 14.5. The van der Waals surface area contributed by atoms with Gasteiger partial charge in [-0.3, -0.25) is 9.36 Å². The summed E-state index contributed by atoms with van der Waals surface area (Å²) in [6.07, 6.45) is 3.96. The predicted molar refractivity (Wildman–Crippen MR) is 80.1 cm³/mol. The van der Waals surface area contributed by atoms with Crippen LogP contribution in [0.1, 0.15) is 5.69 Å². The van der Waals surface area contributed by atoms with E-state index in [0.29, 0.717) is 18.1 Å². The maximum absolute atomic E-state index is 11.8. The molecule has 0 bridgehead atoms. The van der Waals surface area contributed by atoms with E-state index in [-0.39, 0.29) is 29.5 Å². The smallest absolute Gasteiger partial charge is 0.251 e. The van der Waals surface area contributed by atoms with E-state index in [2.05, 4.69) is 15.3 Å². The molecular formula is C15H16IN5O. The molecule has 7 heteroatoms. The van der Waals surface area contributed by atoms with Gasteiger partial charge in [-0.1, -0.05) is 6.07 Å². The highest BCUT2D eigenvalue weighted by atomic mass is 127. The van der Waals surface area contributed by atoms with Gasteiger partial charge < -0.3 is 29.3 Å². The van der Waals surface area contributed by atoms with Crippen molar-refractivity contribution >= 4 is 17.0 Å². The molecule has 0 amide bonds. The van der Waals surface area contributed by atoms with Gasteiger partial charge in [-0.25, -0.2) is 4.98 Å². The Morgan fingerprint density at radius 3 is 2.59 bits per heavy atom. The maximum atomic E-state index is 11.8. The summed E-state index contributed by atoms with van der Waals surface area (Å²) in [6, 6.07) is 9.24. The summed E-state index contributed by atoms with van der Waals surface area (Å²) in [5.74, 6) is 0.509. The van der Waals surface area contributed by atoms with Gasteiger partial charge in [0.25, 0.3) is 5.56 Å². The fraction of sp³-hybridized carbons (Fsp3) is 0.200. The summed E-state index contributed by atoms with van der Waals surface area (Å²) in [5, 5.41) is 3.83. The minimum atomic E-state index is -0.0819. The Bertz CT molecular complexity index is 848. The number of rotatable bonds is 3. The van der Waals surface area contributed by atoms with Crippen molar-refractivity contribution in [2.24, 2.45) is 7.05 Å². The Kier molecular flexibility index (Phi) is 5.07. The molecule has 0 saturated heterocycles. The molecule has 0 aliphatic rings. The monoisotopic (exact) mass is 409 g/mol. The van der Waals surface area contributed by atoms with Crippen LogP contribution < -0.4 is 39.4 Å². The molecule has 6 nitrogen and oxygen atoms in total. The highest BCUT2D eigenvalue weighted by Crippen LogP contribution is 2.15. The van der Waals surface area contributed by atoms with Gasteiger partial charge in [-0.2, -0.15) is 9.55 Å². The van der Waals surface area contributed by atoms with Crippen LogP contribution >= 0.6 is 0 Å². The van der Waals surface area contributed by atoms with Crippen molar-refractivity contribution < 1.29 is 28.5 Å². The van der Waals surface area contributed by atoms with Gasteiger partial charge in [0.2, 0.25) is 5.95 Å². The average molecular weight is 409 g/mol. The molecule has 3 aromatic rings.